The van der Waals surface area contributed by atoms with Crippen molar-refractivity contribution in [2.45, 2.75) is 5.41 Å². The van der Waals surface area contributed by atoms with Gasteiger partial charge in [-0.25, -0.2) is 9.97 Å². The first-order chi connectivity index (χ1) is 26.8. The molecule has 54 heavy (non-hydrogen) atoms. The zero-order valence-corrected chi connectivity index (χ0v) is 29.1. The van der Waals surface area contributed by atoms with Crippen molar-refractivity contribution >= 4 is 10.8 Å². The lowest BCUT2D eigenvalue weighted by Gasteiger charge is -2.39. The molecule has 0 bridgehead atoms. The van der Waals surface area contributed by atoms with Crippen LogP contribution >= 0.6 is 0 Å². The maximum Gasteiger partial charge on any atom is 0.160 e. The third-order valence-corrected chi connectivity index (χ3v) is 11.0. The molecule has 4 nitrogen and oxygen atoms in total. The number of benzene rings is 7. The topological polar surface area (TPSA) is 47.9 Å². The van der Waals surface area contributed by atoms with E-state index >= 15 is 0 Å². The van der Waals surface area contributed by atoms with E-state index in [1.165, 1.54) is 16.5 Å². The number of rotatable bonds is 4. The molecule has 0 fully saturated rings. The fourth-order valence-electron chi connectivity index (χ4n) is 8.83. The summed E-state index contributed by atoms with van der Waals surface area (Å²) in [6.07, 6.45) is 1.87. The highest BCUT2D eigenvalue weighted by Crippen LogP contribution is 2.64. The van der Waals surface area contributed by atoms with Gasteiger partial charge in [0.25, 0.3) is 0 Å². The van der Waals surface area contributed by atoms with E-state index in [0.29, 0.717) is 5.82 Å². The van der Waals surface area contributed by atoms with E-state index < -0.39 is 5.41 Å². The highest BCUT2D eigenvalue weighted by atomic mass is 16.5. The molecular weight excluding hydrogens is 659 g/mol. The average Bonchev–Trinajstić information content (AvgIpc) is 3.55. The molecule has 1 aliphatic heterocycles. The number of nitrogens with zero attached hydrogens (tertiary/aromatic N) is 3. The maximum absolute atomic E-state index is 6.66. The summed E-state index contributed by atoms with van der Waals surface area (Å²) in [6, 6.07) is 63.9. The van der Waals surface area contributed by atoms with E-state index in [-0.39, 0.29) is 0 Å². The molecule has 1 spiro atoms. The second-order valence-corrected chi connectivity index (χ2v) is 13.9. The summed E-state index contributed by atoms with van der Waals surface area (Å²) in [5.74, 6) is 2.40. The van der Waals surface area contributed by atoms with Gasteiger partial charge in [-0.3, -0.25) is 4.98 Å². The normalized spacial score (nSPS) is 13.1. The monoisotopic (exact) mass is 689 g/mol. The van der Waals surface area contributed by atoms with E-state index in [4.69, 9.17) is 19.7 Å². The molecule has 7 aromatic carbocycles. The van der Waals surface area contributed by atoms with Crippen molar-refractivity contribution < 1.29 is 4.74 Å². The van der Waals surface area contributed by atoms with E-state index in [1.54, 1.807) is 0 Å². The van der Waals surface area contributed by atoms with Crippen LogP contribution in [0.15, 0.2) is 188 Å². The first-order valence-corrected chi connectivity index (χ1v) is 18.3. The summed E-state index contributed by atoms with van der Waals surface area (Å²) in [5.41, 5.74) is 13.1. The number of ether oxygens (including phenoxy) is 1. The lowest BCUT2D eigenvalue weighted by molar-refractivity contribution is 0.436. The van der Waals surface area contributed by atoms with Gasteiger partial charge >= 0.3 is 0 Å². The minimum Gasteiger partial charge on any atom is -0.457 e. The molecule has 252 valence electrons. The molecule has 0 N–H and O–H groups in total. The van der Waals surface area contributed by atoms with Gasteiger partial charge in [-0.1, -0.05) is 152 Å². The highest BCUT2D eigenvalue weighted by molar-refractivity contribution is 6.02. The Labute approximate surface area is 313 Å². The number of aromatic nitrogens is 3. The largest absolute Gasteiger partial charge is 0.457 e. The molecule has 4 heteroatoms. The molecule has 2 aliphatic rings. The summed E-state index contributed by atoms with van der Waals surface area (Å²) in [6.45, 7) is 0. The minimum absolute atomic E-state index is 0.648. The van der Waals surface area contributed by atoms with Crippen LogP contribution in [-0.2, 0) is 5.41 Å². The number of hydrogen-bond acceptors (Lipinski definition) is 4. The molecular formula is C50H31N3O. The fourth-order valence-corrected chi connectivity index (χ4v) is 8.83. The molecule has 1 aliphatic carbocycles. The van der Waals surface area contributed by atoms with Crippen molar-refractivity contribution in [2.75, 3.05) is 0 Å². The lowest BCUT2D eigenvalue weighted by atomic mass is 9.66. The Bertz CT molecular complexity index is 2870. The van der Waals surface area contributed by atoms with Crippen LogP contribution in [0, 0.1) is 0 Å². The standard InChI is InChI=1S/C50H31N3O/c1-2-16-33(17-3-1)49-52-43(35-20-12-18-32-15-4-5-19-34(32)35)31-44(53-49)37-22-14-26-41-48(37)47-36(42-27-10-11-30-51-42)21-13-25-40(47)50(41)38-23-6-8-28-45(38)54-46-29-9-7-24-39(46)50/h1-31H. The molecule has 0 unspecified atom stereocenters. The Morgan fingerprint density at radius 1 is 0.407 bits per heavy atom. The van der Waals surface area contributed by atoms with Crippen LogP contribution in [0.2, 0.25) is 0 Å². The quantitative estimate of drug-likeness (QED) is 0.185. The van der Waals surface area contributed by atoms with E-state index in [0.717, 1.165) is 78.5 Å². The van der Waals surface area contributed by atoms with Crippen molar-refractivity contribution in [1.29, 1.82) is 0 Å². The SMILES string of the molecule is c1ccc(-c2nc(-c3cccc4c3-c3c(-c5ccccn5)cccc3C43c4ccccc4Oc4ccccc43)cc(-c3cccc4ccccc34)n2)cc1. The first kappa shape index (κ1) is 30.5. The summed E-state index contributed by atoms with van der Waals surface area (Å²) in [4.78, 5) is 15.6. The number of pyridine rings is 1. The van der Waals surface area contributed by atoms with Crippen LogP contribution in [0.3, 0.4) is 0 Å². The van der Waals surface area contributed by atoms with Crippen LogP contribution in [0.25, 0.3) is 67.1 Å². The Kier molecular flexibility index (Phi) is 6.73. The third kappa shape index (κ3) is 4.40. The number of fused-ring (bicyclic) bond motifs is 10. The fraction of sp³-hybridized carbons (Fsp3) is 0.0200. The van der Waals surface area contributed by atoms with Crippen molar-refractivity contribution in [3.8, 4) is 67.8 Å². The Morgan fingerprint density at radius 2 is 0.944 bits per heavy atom. The van der Waals surface area contributed by atoms with Crippen LogP contribution in [0.4, 0.5) is 0 Å². The van der Waals surface area contributed by atoms with E-state index in [1.807, 2.05) is 30.5 Å². The molecule has 0 saturated carbocycles. The van der Waals surface area contributed by atoms with Crippen molar-refractivity contribution in [2.24, 2.45) is 0 Å². The smallest absolute Gasteiger partial charge is 0.160 e. The first-order valence-electron chi connectivity index (χ1n) is 18.3. The summed E-state index contributed by atoms with van der Waals surface area (Å²) >= 11 is 0. The molecule has 0 radical (unpaired) electrons. The van der Waals surface area contributed by atoms with Gasteiger partial charge in [0.1, 0.15) is 11.5 Å². The van der Waals surface area contributed by atoms with Gasteiger partial charge in [-0.15, -0.1) is 0 Å². The number of hydrogen-bond donors (Lipinski definition) is 0. The molecule has 0 amide bonds. The van der Waals surface area contributed by atoms with E-state index in [9.17, 15) is 0 Å². The Hall–Kier alpha value is -7.17. The second kappa shape index (κ2) is 11.9. The van der Waals surface area contributed by atoms with Gasteiger partial charge in [0.15, 0.2) is 5.82 Å². The van der Waals surface area contributed by atoms with Gasteiger partial charge in [-0.05, 0) is 63.4 Å². The summed E-state index contributed by atoms with van der Waals surface area (Å²) in [7, 11) is 0. The highest BCUT2D eigenvalue weighted by Gasteiger charge is 2.52. The van der Waals surface area contributed by atoms with Gasteiger partial charge in [0.05, 0.1) is 22.5 Å². The maximum atomic E-state index is 6.66. The van der Waals surface area contributed by atoms with Gasteiger partial charge in [0.2, 0.25) is 0 Å². The predicted octanol–water partition coefficient (Wildman–Crippen LogP) is 12.2. The van der Waals surface area contributed by atoms with Crippen LogP contribution in [0.1, 0.15) is 22.3 Å². The lowest BCUT2D eigenvalue weighted by Crippen LogP contribution is -2.32. The van der Waals surface area contributed by atoms with Gasteiger partial charge in [0, 0.05) is 39.6 Å². The minimum atomic E-state index is -0.648. The Morgan fingerprint density at radius 3 is 1.65 bits per heavy atom. The molecule has 0 saturated heterocycles. The third-order valence-electron chi connectivity index (χ3n) is 11.0. The summed E-state index contributed by atoms with van der Waals surface area (Å²) in [5, 5.41) is 2.32. The van der Waals surface area contributed by atoms with Crippen molar-refractivity contribution in [3.63, 3.8) is 0 Å². The van der Waals surface area contributed by atoms with Gasteiger partial charge in [-0.2, -0.15) is 0 Å². The second-order valence-electron chi connectivity index (χ2n) is 13.9. The molecule has 2 aromatic heterocycles. The molecule has 11 rings (SSSR count). The zero-order chi connectivity index (χ0) is 35.6. The van der Waals surface area contributed by atoms with Crippen LogP contribution in [0.5, 0.6) is 11.5 Å². The number of para-hydroxylation sites is 2. The van der Waals surface area contributed by atoms with Gasteiger partial charge < -0.3 is 4.74 Å². The van der Waals surface area contributed by atoms with Crippen LogP contribution in [-0.4, -0.2) is 15.0 Å². The van der Waals surface area contributed by atoms with Crippen molar-refractivity contribution in [1.82, 2.24) is 15.0 Å². The zero-order valence-electron chi connectivity index (χ0n) is 29.1. The summed E-state index contributed by atoms with van der Waals surface area (Å²) < 4.78 is 6.66. The average molecular weight is 690 g/mol. The predicted molar refractivity (Wildman–Crippen MR) is 216 cm³/mol. The van der Waals surface area contributed by atoms with Crippen molar-refractivity contribution in [3.05, 3.63) is 210 Å². The molecule has 3 heterocycles. The Balaban J connectivity index is 1.27. The molecule has 0 atom stereocenters. The molecule has 9 aromatic rings. The van der Waals surface area contributed by atoms with E-state index in [2.05, 4.69) is 158 Å². The van der Waals surface area contributed by atoms with Crippen LogP contribution < -0.4 is 4.74 Å².